The lowest BCUT2D eigenvalue weighted by Gasteiger charge is -2.19. The van der Waals surface area contributed by atoms with Crippen molar-refractivity contribution >= 4 is 39.1 Å². The summed E-state index contributed by atoms with van der Waals surface area (Å²) in [4.78, 5) is 24.1. The minimum Gasteiger partial charge on any atom is -0.486 e. The van der Waals surface area contributed by atoms with Gasteiger partial charge in [-0.1, -0.05) is 15.9 Å². The molecule has 1 heterocycles. The fourth-order valence-electron chi connectivity index (χ4n) is 2.64. The van der Waals surface area contributed by atoms with E-state index >= 15 is 0 Å². The molecule has 30 heavy (non-hydrogen) atoms. The van der Waals surface area contributed by atoms with E-state index in [1.54, 1.807) is 31.2 Å². The quantitative estimate of drug-likeness (QED) is 0.472. The summed E-state index contributed by atoms with van der Waals surface area (Å²) < 4.78 is 17.4. The number of fused-ring (bicyclic) bond motifs is 1. The summed E-state index contributed by atoms with van der Waals surface area (Å²) in [6, 6.07) is 10.6. The zero-order valence-corrected chi connectivity index (χ0v) is 18.2. The molecule has 2 N–H and O–H groups in total. The average Bonchev–Trinajstić information content (AvgIpc) is 2.73. The van der Waals surface area contributed by atoms with Gasteiger partial charge in [-0.15, -0.1) is 0 Å². The molecule has 0 aromatic heterocycles. The van der Waals surface area contributed by atoms with Crippen LogP contribution >= 0.6 is 15.9 Å². The fraction of sp³-hybridized carbons (Fsp3) is 0.286. The first-order chi connectivity index (χ1) is 14.4. The number of carbonyl (C=O) groups is 2. The molecule has 9 heteroatoms. The van der Waals surface area contributed by atoms with Crippen LogP contribution in [0.15, 0.2) is 46.0 Å². The van der Waals surface area contributed by atoms with Gasteiger partial charge in [0.15, 0.2) is 18.1 Å². The molecule has 158 valence electrons. The Morgan fingerprint density at radius 3 is 2.63 bits per heavy atom. The molecule has 0 saturated carbocycles. The van der Waals surface area contributed by atoms with Crippen molar-refractivity contribution in [2.45, 2.75) is 20.3 Å². The number of hydrogen-bond acceptors (Lipinski definition) is 6. The van der Waals surface area contributed by atoms with Crippen molar-refractivity contribution in [2.75, 3.05) is 25.1 Å². The lowest BCUT2D eigenvalue weighted by Crippen LogP contribution is -2.26. The Morgan fingerprint density at radius 2 is 1.87 bits per heavy atom. The van der Waals surface area contributed by atoms with Gasteiger partial charge in [0.05, 0.1) is 6.42 Å². The maximum Gasteiger partial charge on any atom is 0.277 e. The van der Waals surface area contributed by atoms with E-state index in [0.717, 1.165) is 10.0 Å². The molecule has 0 spiro atoms. The molecular weight excluding hydrogens is 454 g/mol. The highest BCUT2D eigenvalue weighted by Gasteiger charge is 2.13. The van der Waals surface area contributed by atoms with E-state index in [4.69, 9.17) is 14.2 Å². The van der Waals surface area contributed by atoms with Gasteiger partial charge in [0.25, 0.3) is 5.91 Å². The summed E-state index contributed by atoms with van der Waals surface area (Å²) in [5, 5.41) is 6.71. The van der Waals surface area contributed by atoms with Gasteiger partial charge < -0.3 is 19.5 Å². The average molecular weight is 476 g/mol. The van der Waals surface area contributed by atoms with Crippen LogP contribution in [0.2, 0.25) is 0 Å². The van der Waals surface area contributed by atoms with Crippen molar-refractivity contribution in [3.63, 3.8) is 0 Å². The minimum atomic E-state index is -0.415. The summed E-state index contributed by atoms with van der Waals surface area (Å²) in [5.74, 6) is 1.16. The molecule has 2 amide bonds. The number of aryl methyl sites for hydroxylation is 1. The Bertz CT molecular complexity index is 977. The van der Waals surface area contributed by atoms with Crippen LogP contribution in [-0.2, 0) is 9.59 Å². The molecule has 2 aromatic rings. The first kappa shape index (κ1) is 21.6. The van der Waals surface area contributed by atoms with Gasteiger partial charge in [-0.25, -0.2) is 5.43 Å². The zero-order valence-electron chi connectivity index (χ0n) is 16.7. The van der Waals surface area contributed by atoms with Gasteiger partial charge in [0, 0.05) is 21.9 Å². The number of rotatable bonds is 7. The molecule has 0 saturated heterocycles. The van der Waals surface area contributed by atoms with E-state index in [9.17, 15) is 9.59 Å². The van der Waals surface area contributed by atoms with E-state index in [1.807, 2.05) is 19.1 Å². The predicted molar refractivity (Wildman–Crippen MR) is 116 cm³/mol. The van der Waals surface area contributed by atoms with Gasteiger partial charge >= 0.3 is 0 Å². The molecule has 1 aliphatic rings. The number of hydrogen-bond donors (Lipinski definition) is 2. The molecule has 0 aliphatic carbocycles. The normalized spacial score (nSPS) is 12.8. The predicted octanol–water partition coefficient (Wildman–Crippen LogP) is 3.43. The molecule has 0 fully saturated rings. The Hall–Kier alpha value is -3.07. The van der Waals surface area contributed by atoms with Crippen molar-refractivity contribution in [1.82, 2.24) is 5.43 Å². The summed E-state index contributed by atoms with van der Waals surface area (Å²) in [5.41, 5.74) is 4.45. The van der Waals surface area contributed by atoms with E-state index in [1.165, 1.54) is 0 Å². The van der Waals surface area contributed by atoms with Gasteiger partial charge in [-0.05, 0) is 49.7 Å². The Balaban J connectivity index is 1.44. The first-order valence-corrected chi connectivity index (χ1v) is 10.1. The Labute approximate surface area is 182 Å². The van der Waals surface area contributed by atoms with E-state index in [2.05, 4.69) is 31.8 Å². The van der Waals surface area contributed by atoms with Crippen LogP contribution in [0.4, 0.5) is 5.69 Å². The van der Waals surface area contributed by atoms with Crippen molar-refractivity contribution < 1.29 is 23.8 Å². The second kappa shape index (κ2) is 10.1. The summed E-state index contributed by atoms with van der Waals surface area (Å²) in [7, 11) is 0. The van der Waals surface area contributed by atoms with E-state index in [0.29, 0.717) is 41.9 Å². The highest BCUT2D eigenvalue weighted by Crippen LogP contribution is 2.32. The first-order valence-electron chi connectivity index (χ1n) is 9.31. The Kier molecular flexibility index (Phi) is 7.29. The van der Waals surface area contributed by atoms with Gasteiger partial charge in [-0.3, -0.25) is 9.59 Å². The lowest BCUT2D eigenvalue weighted by atomic mass is 10.2. The number of anilines is 1. The van der Waals surface area contributed by atoms with E-state index in [-0.39, 0.29) is 18.9 Å². The van der Waals surface area contributed by atoms with Crippen LogP contribution in [0, 0.1) is 6.92 Å². The molecule has 3 rings (SSSR count). The second-order valence-corrected chi connectivity index (χ2v) is 7.52. The number of amides is 2. The maximum absolute atomic E-state index is 12.2. The summed E-state index contributed by atoms with van der Waals surface area (Å²) >= 11 is 3.41. The molecule has 2 aromatic carbocycles. The highest BCUT2D eigenvalue weighted by molar-refractivity contribution is 9.10. The molecule has 0 atom stereocenters. The van der Waals surface area contributed by atoms with Gasteiger partial charge in [0.2, 0.25) is 5.91 Å². The number of carbonyl (C=O) groups excluding carboxylic acids is 2. The van der Waals surface area contributed by atoms with Crippen molar-refractivity contribution in [1.29, 1.82) is 0 Å². The maximum atomic E-state index is 12.2. The largest absolute Gasteiger partial charge is 0.486 e. The standard InChI is InChI=1S/C21H22BrN3O5/c1-13-9-16(4-5-17(13)22)30-12-21(27)25-24-14(2)10-20(26)23-15-3-6-18-19(11-15)29-8-7-28-18/h3-6,9,11H,7-8,10,12H2,1-2H3,(H,23,26)(H,25,27)/b24-14+. The van der Waals surface area contributed by atoms with Crippen LogP contribution in [0.5, 0.6) is 17.2 Å². The van der Waals surface area contributed by atoms with Crippen molar-refractivity contribution in [2.24, 2.45) is 5.10 Å². The topological polar surface area (TPSA) is 98.3 Å². The molecule has 8 nitrogen and oxygen atoms in total. The monoisotopic (exact) mass is 475 g/mol. The SMILES string of the molecule is C/C(CC(=O)Nc1ccc2c(c1)OCCO2)=N\NC(=O)COc1ccc(Br)c(C)c1. The number of ether oxygens (including phenoxy) is 3. The summed E-state index contributed by atoms with van der Waals surface area (Å²) in [6.45, 7) is 4.39. The molecular formula is C21H22BrN3O5. The number of nitrogens with one attached hydrogen (secondary N) is 2. The second-order valence-electron chi connectivity index (χ2n) is 6.67. The number of hydrazone groups is 1. The molecule has 0 bridgehead atoms. The molecule has 1 aliphatic heterocycles. The van der Waals surface area contributed by atoms with Gasteiger partial charge in [-0.2, -0.15) is 5.10 Å². The number of benzene rings is 2. The van der Waals surface area contributed by atoms with Crippen LogP contribution in [0.3, 0.4) is 0 Å². The fourth-order valence-corrected chi connectivity index (χ4v) is 2.89. The van der Waals surface area contributed by atoms with Crippen molar-refractivity contribution in [3.05, 3.63) is 46.4 Å². The lowest BCUT2D eigenvalue weighted by molar-refractivity contribution is -0.123. The number of nitrogens with zero attached hydrogens (tertiary/aromatic N) is 1. The van der Waals surface area contributed by atoms with E-state index < -0.39 is 5.91 Å². The zero-order chi connectivity index (χ0) is 21.5. The Morgan fingerprint density at radius 1 is 1.10 bits per heavy atom. The van der Waals surface area contributed by atoms with Crippen LogP contribution in [0.1, 0.15) is 18.9 Å². The third-order valence-electron chi connectivity index (χ3n) is 4.11. The summed E-state index contributed by atoms with van der Waals surface area (Å²) in [6.07, 6.45) is 0.0293. The van der Waals surface area contributed by atoms with Gasteiger partial charge in [0.1, 0.15) is 19.0 Å². The third-order valence-corrected chi connectivity index (χ3v) is 5.00. The highest BCUT2D eigenvalue weighted by atomic mass is 79.9. The van der Waals surface area contributed by atoms with Crippen molar-refractivity contribution in [3.8, 4) is 17.2 Å². The number of halogens is 1. The molecule has 0 radical (unpaired) electrons. The van der Waals surface area contributed by atoms with Crippen LogP contribution in [0.25, 0.3) is 0 Å². The minimum absolute atomic E-state index is 0.0293. The molecule has 0 unspecified atom stereocenters. The van der Waals surface area contributed by atoms with Crippen LogP contribution < -0.4 is 25.0 Å². The van der Waals surface area contributed by atoms with Crippen LogP contribution in [-0.4, -0.2) is 37.3 Å². The third kappa shape index (κ3) is 6.21. The smallest absolute Gasteiger partial charge is 0.277 e.